The molecular weight excluding hydrogens is 352 g/mol. The van der Waals surface area contributed by atoms with Crippen LogP contribution in [0, 0.1) is 34.5 Å². The van der Waals surface area contributed by atoms with Crippen LogP contribution in [0.3, 0.4) is 0 Å². The van der Waals surface area contributed by atoms with Crippen LogP contribution in [0.4, 0.5) is 4.79 Å². The van der Waals surface area contributed by atoms with E-state index >= 15 is 0 Å². The lowest BCUT2D eigenvalue weighted by molar-refractivity contribution is -0.135. The molecule has 0 heterocycles. The van der Waals surface area contributed by atoms with Gasteiger partial charge in [0.1, 0.15) is 5.92 Å². The maximum absolute atomic E-state index is 12.7. The van der Waals surface area contributed by atoms with E-state index < -0.39 is 17.9 Å². The Labute approximate surface area is 168 Å². The van der Waals surface area contributed by atoms with Gasteiger partial charge in [-0.3, -0.25) is 14.9 Å². The van der Waals surface area contributed by atoms with Crippen molar-refractivity contribution in [1.82, 2.24) is 10.2 Å². The molecule has 5 heteroatoms. The Bertz CT molecular complexity index is 742. The van der Waals surface area contributed by atoms with Gasteiger partial charge in [-0.05, 0) is 79.6 Å². The number of amides is 3. The first-order valence-electron chi connectivity index (χ1n) is 10.9. The summed E-state index contributed by atoms with van der Waals surface area (Å²) in [5.74, 6) is 0.749. The summed E-state index contributed by atoms with van der Waals surface area (Å²) in [4.78, 5) is 38.7. The molecule has 3 amide bonds. The van der Waals surface area contributed by atoms with Gasteiger partial charge in [0.2, 0.25) is 5.91 Å². The van der Waals surface area contributed by atoms with Crippen molar-refractivity contribution in [3.8, 4) is 0 Å². The first-order chi connectivity index (χ1) is 13.2. The number of carbonyl (C=O) groups is 3. The highest BCUT2D eigenvalue weighted by Gasteiger charge is 2.57. The number of fused-ring (bicyclic) bond motifs is 5. The van der Waals surface area contributed by atoms with Crippen LogP contribution in [0.2, 0.25) is 0 Å². The molecule has 28 heavy (non-hydrogen) atoms. The van der Waals surface area contributed by atoms with Crippen LogP contribution < -0.4 is 5.32 Å². The number of hydrogen-bond donors (Lipinski definition) is 1. The zero-order valence-electron chi connectivity index (χ0n) is 17.7. The fourth-order valence-electron chi connectivity index (χ4n) is 7.16. The van der Waals surface area contributed by atoms with Gasteiger partial charge >= 0.3 is 6.03 Å². The molecule has 0 aromatic carbocycles. The molecule has 0 spiro atoms. The van der Waals surface area contributed by atoms with Crippen LogP contribution in [-0.4, -0.2) is 36.7 Å². The summed E-state index contributed by atoms with van der Waals surface area (Å²) in [7, 11) is 3.19. The lowest BCUT2D eigenvalue weighted by Gasteiger charge is -2.58. The van der Waals surface area contributed by atoms with Crippen molar-refractivity contribution in [2.24, 2.45) is 34.5 Å². The minimum Gasteiger partial charge on any atom is -0.331 e. The average molecular weight is 387 g/mol. The highest BCUT2D eigenvalue weighted by molar-refractivity contribution is 6.11. The summed E-state index contributed by atoms with van der Waals surface area (Å²) in [6.07, 6.45) is 11.0. The molecule has 0 aromatic rings. The van der Waals surface area contributed by atoms with E-state index in [0.29, 0.717) is 23.7 Å². The smallest absolute Gasteiger partial charge is 0.323 e. The predicted octanol–water partition coefficient (Wildman–Crippen LogP) is 3.93. The topological polar surface area (TPSA) is 66.5 Å². The second kappa shape index (κ2) is 6.70. The number of rotatable bonds is 1. The number of ketones is 1. The highest BCUT2D eigenvalue weighted by Crippen LogP contribution is 2.65. The molecule has 1 unspecified atom stereocenters. The second-order valence-corrected chi connectivity index (χ2v) is 10.4. The van der Waals surface area contributed by atoms with Crippen molar-refractivity contribution < 1.29 is 14.4 Å². The van der Waals surface area contributed by atoms with E-state index in [4.69, 9.17) is 0 Å². The van der Waals surface area contributed by atoms with E-state index in [9.17, 15) is 14.4 Å². The molecular formula is C23H34N2O3. The third kappa shape index (κ3) is 2.93. The molecule has 3 saturated carbocycles. The zero-order chi connectivity index (χ0) is 20.3. The minimum atomic E-state index is -0.742. The Balaban J connectivity index is 1.59. The van der Waals surface area contributed by atoms with Crippen LogP contribution in [-0.2, 0) is 9.59 Å². The molecule has 4 aliphatic carbocycles. The van der Waals surface area contributed by atoms with Gasteiger partial charge in [-0.1, -0.05) is 25.8 Å². The molecule has 4 rings (SSSR count). The van der Waals surface area contributed by atoms with Crippen LogP contribution in [0.1, 0.15) is 65.2 Å². The largest absolute Gasteiger partial charge is 0.331 e. The van der Waals surface area contributed by atoms with Gasteiger partial charge in [0.25, 0.3) is 0 Å². The summed E-state index contributed by atoms with van der Waals surface area (Å²) in [5.41, 5.74) is 1.66. The average Bonchev–Trinajstić information content (AvgIpc) is 3.03. The summed E-state index contributed by atoms with van der Waals surface area (Å²) in [6, 6.07) is -0.460. The van der Waals surface area contributed by atoms with E-state index in [0.717, 1.165) is 12.3 Å². The number of hydrogen-bond acceptors (Lipinski definition) is 3. The molecule has 0 aliphatic heterocycles. The molecule has 154 valence electrons. The number of nitrogens with zero attached hydrogens (tertiary/aromatic N) is 1. The SMILES string of the molecule is CN(C)C(=O)NC(=O)C1C[C@@]2(C)C(=CC1=O)CC[C@@H]1[C@H]2CC[C@]2(C)CCC[C@@H]12. The summed E-state index contributed by atoms with van der Waals surface area (Å²) in [6.45, 7) is 4.77. The number of nitrogens with one attached hydrogen (secondary N) is 1. The molecule has 3 fully saturated rings. The van der Waals surface area contributed by atoms with Gasteiger partial charge in [0.05, 0.1) is 0 Å². The van der Waals surface area contributed by atoms with Gasteiger partial charge < -0.3 is 4.90 Å². The van der Waals surface area contributed by atoms with E-state index in [1.54, 1.807) is 20.2 Å². The summed E-state index contributed by atoms with van der Waals surface area (Å²) < 4.78 is 0. The van der Waals surface area contributed by atoms with E-state index in [2.05, 4.69) is 19.2 Å². The minimum absolute atomic E-state index is 0.0933. The van der Waals surface area contributed by atoms with Gasteiger partial charge in [-0.25, -0.2) is 4.79 Å². The third-order valence-corrected chi connectivity index (χ3v) is 8.76. The van der Waals surface area contributed by atoms with Gasteiger partial charge in [-0.2, -0.15) is 0 Å². The lowest BCUT2D eigenvalue weighted by Crippen LogP contribution is -2.53. The van der Waals surface area contributed by atoms with Gasteiger partial charge in [0, 0.05) is 14.1 Å². The third-order valence-electron chi connectivity index (χ3n) is 8.76. The monoisotopic (exact) mass is 386 g/mol. The fourth-order valence-corrected chi connectivity index (χ4v) is 7.16. The number of urea groups is 1. The van der Waals surface area contributed by atoms with Crippen LogP contribution in [0.5, 0.6) is 0 Å². The van der Waals surface area contributed by atoms with Crippen molar-refractivity contribution in [3.63, 3.8) is 0 Å². The number of imide groups is 1. The molecule has 0 radical (unpaired) electrons. The Morgan fingerprint density at radius 3 is 2.57 bits per heavy atom. The van der Waals surface area contributed by atoms with Crippen molar-refractivity contribution in [3.05, 3.63) is 11.6 Å². The lowest BCUT2D eigenvalue weighted by atomic mass is 9.47. The zero-order valence-corrected chi connectivity index (χ0v) is 17.7. The van der Waals surface area contributed by atoms with Crippen molar-refractivity contribution >= 4 is 17.7 Å². The molecule has 0 saturated heterocycles. The van der Waals surface area contributed by atoms with E-state index in [-0.39, 0.29) is 11.2 Å². The normalized spacial score (nSPS) is 42.0. The molecule has 6 atom stereocenters. The van der Waals surface area contributed by atoms with Gasteiger partial charge in [0.15, 0.2) is 5.78 Å². The Kier molecular flexibility index (Phi) is 4.71. The molecule has 0 aromatic heterocycles. The van der Waals surface area contributed by atoms with Crippen molar-refractivity contribution in [2.75, 3.05) is 14.1 Å². The molecule has 4 aliphatic rings. The van der Waals surface area contributed by atoms with Gasteiger partial charge in [-0.15, -0.1) is 0 Å². The summed E-state index contributed by atoms with van der Waals surface area (Å²) in [5, 5.41) is 2.41. The first-order valence-corrected chi connectivity index (χ1v) is 10.9. The first kappa shape index (κ1) is 19.7. The maximum atomic E-state index is 12.7. The Hall–Kier alpha value is -1.65. The Morgan fingerprint density at radius 2 is 1.86 bits per heavy atom. The van der Waals surface area contributed by atoms with Crippen LogP contribution >= 0.6 is 0 Å². The van der Waals surface area contributed by atoms with Crippen molar-refractivity contribution in [2.45, 2.75) is 65.2 Å². The molecule has 1 N–H and O–H groups in total. The van der Waals surface area contributed by atoms with Crippen LogP contribution in [0.25, 0.3) is 0 Å². The predicted molar refractivity (Wildman–Crippen MR) is 107 cm³/mol. The van der Waals surface area contributed by atoms with Crippen molar-refractivity contribution in [1.29, 1.82) is 0 Å². The number of allylic oxidation sites excluding steroid dienone is 1. The highest BCUT2D eigenvalue weighted by atomic mass is 16.2. The van der Waals surface area contributed by atoms with E-state index in [1.165, 1.54) is 49.0 Å². The molecule has 0 bridgehead atoms. The standard InChI is InChI=1S/C23H34N2O3/c1-22-10-5-6-17(22)15-8-7-14-12-19(26)16(20(27)24-21(28)25(3)4)13-23(14,2)18(15)9-11-22/h12,15-18H,5-11,13H2,1-4H3,(H,24,27,28)/t15-,16?,17-,18+,22-,23-/m0/s1. The van der Waals surface area contributed by atoms with E-state index in [1.807, 2.05) is 0 Å². The second-order valence-electron chi connectivity index (χ2n) is 10.4. The quantitative estimate of drug-likeness (QED) is 0.694. The van der Waals surface area contributed by atoms with Crippen LogP contribution in [0.15, 0.2) is 11.6 Å². The number of carbonyl (C=O) groups excluding carboxylic acids is 3. The molecule has 5 nitrogen and oxygen atoms in total. The maximum Gasteiger partial charge on any atom is 0.323 e. The Morgan fingerprint density at radius 1 is 1.11 bits per heavy atom. The fraction of sp³-hybridized carbons (Fsp3) is 0.783. The summed E-state index contributed by atoms with van der Waals surface area (Å²) >= 11 is 0.